The summed E-state index contributed by atoms with van der Waals surface area (Å²) >= 11 is 15.8. The van der Waals surface area contributed by atoms with Crippen molar-refractivity contribution in [2.75, 3.05) is 6.26 Å². The van der Waals surface area contributed by atoms with Gasteiger partial charge in [-0.2, -0.15) is 0 Å². The molecule has 0 aliphatic heterocycles. The Kier molecular flexibility index (Phi) is 4.89. The van der Waals surface area contributed by atoms with Gasteiger partial charge in [-0.05, 0) is 18.4 Å². The number of rotatable bonds is 2. The van der Waals surface area contributed by atoms with Gasteiger partial charge < -0.3 is 0 Å². The Labute approximate surface area is 102 Å². The molecule has 1 aromatic carbocycles. The Morgan fingerprint density at radius 1 is 1.17 bits per heavy atom. The molecule has 66 valence electrons. The molecule has 1 rings (SSSR count). The van der Waals surface area contributed by atoms with Crippen molar-refractivity contribution in [1.29, 1.82) is 0 Å². The molecule has 0 saturated heterocycles. The van der Waals surface area contributed by atoms with Gasteiger partial charge in [0.15, 0.2) is 0 Å². The van der Waals surface area contributed by atoms with Crippen LogP contribution in [0.2, 0.25) is 10.0 Å². The summed E-state index contributed by atoms with van der Waals surface area (Å²) in [6.07, 6.45) is 1.98. The highest BCUT2D eigenvalue weighted by atomic mass is 127. The summed E-state index contributed by atoms with van der Waals surface area (Å²) in [4.78, 5) is 2.04. The van der Waals surface area contributed by atoms with Crippen LogP contribution in [0, 0.1) is 0 Å². The van der Waals surface area contributed by atoms with Gasteiger partial charge in [-0.3, -0.25) is 0 Å². The molecule has 0 atom stereocenters. The molecule has 0 radical (unpaired) electrons. The minimum Gasteiger partial charge on any atom is -0.128 e. The van der Waals surface area contributed by atoms with E-state index in [1.54, 1.807) is 20.7 Å². The third-order valence-corrected chi connectivity index (χ3v) is 4.84. The van der Waals surface area contributed by atoms with E-state index in [9.17, 15) is 0 Å². The summed E-state index contributed by atoms with van der Waals surface area (Å²) in [6.45, 7) is 0. The normalized spacial score (nSPS) is 10.3. The van der Waals surface area contributed by atoms with Crippen molar-refractivity contribution in [2.45, 2.75) is 9.79 Å². The van der Waals surface area contributed by atoms with Gasteiger partial charge in [0.25, 0.3) is 0 Å². The third-order valence-electron chi connectivity index (χ3n) is 1.29. The van der Waals surface area contributed by atoms with Crippen molar-refractivity contribution >= 4 is 65.1 Å². The Morgan fingerprint density at radius 3 is 2.17 bits per heavy atom. The molecule has 12 heavy (non-hydrogen) atoms. The van der Waals surface area contributed by atoms with E-state index in [-0.39, 0.29) is 0 Å². The van der Waals surface area contributed by atoms with Crippen LogP contribution in [0.5, 0.6) is 0 Å². The first-order valence-electron chi connectivity index (χ1n) is 3.00. The van der Waals surface area contributed by atoms with Crippen LogP contribution in [0.3, 0.4) is 0 Å². The van der Waals surface area contributed by atoms with Crippen LogP contribution in [0.15, 0.2) is 21.9 Å². The fourth-order valence-electron chi connectivity index (χ4n) is 0.726. The second-order valence-corrected chi connectivity index (χ2v) is 5.57. The highest BCUT2D eigenvalue weighted by Gasteiger charge is 2.05. The monoisotopic (exact) mass is 350 g/mol. The summed E-state index contributed by atoms with van der Waals surface area (Å²) in [5.41, 5.74) is 0. The number of hydrogen-bond acceptors (Lipinski definition) is 2. The molecule has 0 aromatic heterocycles. The lowest BCUT2D eigenvalue weighted by atomic mass is 10.4. The predicted molar refractivity (Wildman–Crippen MR) is 68.1 cm³/mol. The van der Waals surface area contributed by atoms with Gasteiger partial charge in [0, 0.05) is 31.0 Å². The molecule has 0 aliphatic rings. The van der Waals surface area contributed by atoms with Crippen LogP contribution in [-0.2, 0) is 0 Å². The lowest BCUT2D eigenvalue weighted by molar-refractivity contribution is 1.36. The van der Waals surface area contributed by atoms with Gasteiger partial charge in [-0.25, -0.2) is 0 Å². The largest absolute Gasteiger partial charge is 0.128 e. The second kappa shape index (κ2) is 5.20. The summed E-state index contributed by atoms with van der Waals surface area (Å²) in [5.74, 6) is 0. The maximum absolute atomic E-state index is 5.98. The van der Waals surface area contributed by atoms with Crippen molar-refractivity contribution in [3.05, 3.63) is 22.2 Å². The number of hydrogen-bond donors (Lipinski definition) is 0. The van der Waals surface area contributed by atoms with Crippen LogP contribution in [-0.4, -0.2) is 6.26 Å². The molecule has 0 N–H and O–H groups in total. The van der Waals surface area contributed by atoms with Crippen molar-refractivity contribution in [1.82, 2.24) is 0 Å². The molecule has 0 nitrogen and oxygen atoms in total. The SMILES string of the molecule is CSc1cc(Cl)c(SI)cc1Cl. The van der Waals surface area contributed by atoms with E-state index in [0.29, 0.717) is 0 Å². The van der Waals surface area contributed by atoms with E-state index >= 15 is 0 Å². The van der Waals surface area contributed by atoms with Crippen molar-refractivity contribution < 1.29 is 0 Å². The van der Waals surface area contributed by atoms with Crippen molar-refractivity contribution in [2.24, 2.45) is 0 Å². The molecule has 0 heterocycles. The smallest absolute Gasteiger partial charge is 0.0562 e. The van der Waals surface area contributed by atoms with Gasteiger partial charge in [0.1, 0.15) is 0 Å². The standard InChI is InChI=1S/C7H5Cl2IS2/c1-11-6-2-5(9)7(12-10)3-4(6)8/h2-3H,1H3. The first kappa shape index (κ1) is 11.3. The highest BCUT2D eigenvalue weighted by Crippen LogP contribution is 2.38. The molecule has 0 bridgehead atoms. The Morgan fingerprint density at radius 2 is 1.67 bits per heavy atom. The maximum Gasteiger partial charge on any atom is 0.0562 e. The summed E-state index contributed by atoms with van der Waals surface area (Å²) in [7, 11) is 1.57. The highest BCUT2D eigenvalue weighted by molar-refractivity contribution is 14.2. The lowest BCUT2D eigenvalue weighted by Crippen LogP contribution is -1.76. The third kappa shape index (κ3) is 2.61. The van der Waals surface area contributed by atoms with E-state index in [0.717, 1.165) is 19.8 Å². The van der Waals surface area contributed by atoms with Gasteiger partial charge in [0.05, 0.1) is 10.0 Å². The Hall–Kier alpha value is 1.23. The average molecular weight is 351 g/mol. The molecule has 1 aromatic rings. The van der Waals surface area contributed by atoms with Gasteiger partial charge in [-0.1, -0.05) is 32.1 Å². The topological polar surface area (TPSA) is 0 Å². The number of thioether (sulfide) groups is 1. The molecule has 0 unspecified atom stereocenters. The number of halogens is 3. The summed E-state index contributed by atoms with van der Waals surface area (Å²) in [6, 6.07) is 3.79. The van der Waals surface area contributed by atoms with Crippen LogP contribution in [0.4, 0.5) is 0 Å². The quantitative estimate of drug-likeness (QED) is 0.534. The van der Waals surface area contributed by atoms with Crippen LogP contribution in [0.1, 0.15) is 0 Å². The first-order valence-corrected chi connectivity index (χ1v) is 8.34. The maximum atomic E-state index is 5.98. The van der Waals surface area contributed by atoms with E-state index < -0.39 is 0 Å². The summed E-state index contributed by atoms with van der Waals surface area (Å²) < 4.78 is 0. The second-order valence-electron chi connectivity index (χ2n) is 1.99. The van der Waals surface area contributed by atoms with E-state index in [1.807, 2.05) is 18.4 Å². The van der Waals surface area contributed by atoms with E-state index in [2.05, 4.69) is 21.2 Å². The van der Waals surface area contributed by atoms with E-state index in [4.69, 9.17) is 23.2 Å². The first-order chi connectivity index (χ1) is 5.69. The zero-order valence-corrected chi connectivity index (χ0v) is 11.4. The lowest BCUT2D eigenvalue weighted by Gasteiger charge is -2.04. The number of benzene rings is 1. The van der Waals surface area contributed by atoms with Gasteiger partial charge in [-0.15, -0.1) is 11.8 Å². The van der Waals surface area contributed by atoms with Gasteiger partial charge in [0.2, 0.25) is 0 Å². The Balaban J connectivity index is 3.16. The molecule has 5 heteroatoms. The minimum atomic E-state index is 0.767. The van der Waals surface area contributed by atoms with Crippen molar-refractivity contribution in [3.8, 4) is 0 Å². The van der Waals surface area contributed by atoms with Crippen LogP contribution in [0.25, 0.3) is 0 Å². The minimum absolute atomic E-state index is 0.767. The Bertz CT molecular complexity index is 261. The molecule has 0 amide bonds. The molecule has 0 saturated carbocycles. The van der Waals surface area contributed by atoms with Crippen molar-refractivity contribution in [3.63, 3.8) is 0 Å². The predicted octanol–water partition coefficient (Wildman–Crippen LogP) is 5.16. The van der Waals surface area contributed by atoms with E-state index in [1.165, 1.54) is 0 Å². The fraction of sp³-hybridized carbons (Fsp3) is 0.143. The molecule has 0 spiro atoms. The molecule has 0 fully saturated rings. The average Bonchev–Trinajstić information content (AvgIpc) is 2.08. The zero-order valence-electron chi connectivity index (χ0n) is 6.11. The molecular weight excluding hydrogens is 346 g/mol. The molecular formula is C7H5Cl2IS2. The van der Waals surface area contributed by atoms with Crippen LogP contribution < -0.4 is 0 Å². The summed E-state index contributed by atoms with van der Waals surface area (Å²) in [5, 5.41) is 1.54. The van der Waals surface area contributed by atoms with Gasteiger partial charge >= 0.3 is 0 Å². The zero-order chi connectivity index (χ0) is 9.14. The van der Waals surface area contributed by atoms with Crippen LogP contribution >= 0.6 is 65.1 Å². The fourth-order valence-corrected chi connectivity index (χ4v) is 3.80. The molecule has 0 aliphatic carbocycles.